The van der Waals surface area contributed by atoms with Crippen molar-refractivity contribution in [1.82, 2.24) is 0 Å². The number of Topliss-reactive ketones (excluding diaryl/α,β-unsaturated/α-hetero) is 1. The van der Waals surface area contributed by atoms with Crippen molar-refractivity contribution in [3.05, 3.63) is 23.3 Å². The Morgan fingerprint density at radius 2 is 2.00 bits per heavy atom. The van der Waals surface area contributed by atoms with E-state index in [1.807, 2.05) is 0 Å². The van der Waals surface area contributed by atoms with Gasteiger partial charge in [-0.2, -0.15) is 0 Å². The molecule has 76 valence electrons. The number of carbonyl (C=O) groups is 1. The van der Waals surface area contributed by atoms with E-state index < -0.39 is 0 Å². The highest BCUT2D eigenvalue weighted by atomic mass is 16.3. The van der Waals surface area contributed by atoms with E-state index in [-0.39, 0.29) is 17.5 Å². The van der Waals surface area contributed by atoms with Crippen LogP contribution in [0.2, 0.25) is 0 Å². The van der Waals surface area contributed by atoms with E-state index >= 15 is 0 Å². The van der Waals surface area contributed by atoms with Crippen LogP contribution in [-0.4, -0.2) is 10.9 Å². The van der Waals surface area contributed by atoms with Crippen molar-refractivity contribution in [3.8, 4) is 5.75 Å². The van der Waals surface area contributed by atoms with Crippen LogP contribution < -0.4 is 5.73 Å². The number of hydrogen-bond donors (Lipinski definition) is 2. The van der Waals surface area contributed by atoms with Gasteiger partial charge in [-0.3, -0.25) is 4.79 Å². The zero-order valence-corrected chi connectivity index (χ0v) is 8.66. The van der Waals surface area contributed by atoms with E-state index in [4.69, 9.17) is 5.73 Å². The smallest absolute Gasteiger partial charge is 0.169 e. The first kappa shape index (κ1) is 10.6. The predicted octanol–water partition coefficient (Wildman–Crippen LogP) is 2.12. The Morgan fingerprint density at radius 3 is 2.50 bits per heavy atom. The average Bonchev–Trinajstić information content (AvgIpc) is 2.09. The number of aryl methyl sites for hydroxylation is 1. The molecule has 0 aliphatic carbocycles. The number of anilines is 1. The van der Waals surface area contributed by atoms with Gasteiger partial charge in [0.25, 0.3) is 0 Å². The van der Waals surface area contributed by atoms with E-state index in [0.717, 1.165) is 0 Å². The van der Waals surface area contributed by atoms with Crippen LogP contribution in [-0.2, 0) is 0 Å². The van der Waals surface area contributed by atoms with Gasteiger partial charge in [0.15, 0.2) is 5.78 Å². The normalized spacial score (nSPS) is 10.6. The monoisotopic (exact) mass is 193 g/mol. The van der Waals surface area contributed by atoms with E-state index in [0.29, 0.717) is 16.8 Å². The molecule has 0 aromatic heterocycles. The summed E-state index contributed by atoms with van der Waals surface area (Å²) in [5.74, 6) is -0.182. The molecule has 0 spiro atoms. The molecule has 0 bridgehead atoms. The summed E-state index contributed by atoms with van der Waals surface area (Å²) in [5, 5.41) is 9.66. The highest BCUT2D eigenvalue weighted by Gasteiger charge is 2.16. The first-order valence-electron chi connectivity index (χ1n) is 4.56. The summed E-state index contributed by atoms with van der Waals surface area (Å²) in [4.78, 5) is 11.7. The molecule has 0 unspecified atom stereocenters. The number of phenolic OH excluding ortho intramolecular Hbond substituents is 1. The van der Waals surface area contributed by atoms with Gasteiger partial charge < -0.3 is 10.8 Å². The maximum absolute atomic E-state index is 11.7. The number of rotatable bonds is 2. The summed E-state index contributed by atoms with van der Waals surface area (Å²) in [5.41, 5.74) is 7.06. The zero-order valence-electron chi connectivity index (χ0n) is 8.66. The maximum Gasteiger partial charge on any atom is 0.169 e. The molecule has 0 heterocycles. The number of hydrogen-bond acceptors (Lipinski definition) is 3. The van der Waals surface area contributed by atoms with Crippen LogP contribution in [0.5, 0.6) is 5.75 Å². The Hall–Kier alpha value is -1.51. The fourth-order valence-electron chi connectivity index (χ4n) is 1.31. The lowest BCUT2D eigenvalue weighted by atomic mass is 9.98. The van der Waals surface area contributed by atoms with Crippen LogP contribution in [0.15, 0.2) is 12.1 Å². The molecule has 14 heavy (non-hydrogen) atoms. The van der Waals surface area contributed by atoms with Gasteiger partial charge in [-0.05, 0) is 24.6 Å². The predicted molar refractivity (Wildman–Crippen MR) is 56.4 cm³/mol. The molecule has 0 saturated heterocycles. The fourth-order valence-corrected chi connectivity index (χ4v) is 1.31. The van der Waals surface area contributed by atoms with Crippen molar-refractivity contribution >= 4 is 11.5 Å². The SMILES string of the molecule is Cc1cc(N)cc(C(=O)C(C)C)c1O. The number of nitrogen functional groups attached to an aromatic ring is 1. The van der Waals surface area contributed by atoms with Crippen LogP contribution >= 0.6 is 0 Å². The molecule has 0 aliphatic rings. The van der Waals surface area contributed by atoms with Crippen molar-refractivity contribution in [2.24, 2.45) is 5.92 Å². The van der Waals surface area contributed by atoms with Crippen molar-refractivity contribution in [1.29, 1.82) is 0 Å². The van der Waals surface area contributed by atoms with Crippen molar-refractivity contribution in [3.63, 3.8) is 0 Å². The van der Waals surface area contributed by atoms with E-state index in [9.17, 15) is 9.90 Å². The number of phenols is 1. The number of benzene rings is 1. The second-order valence-corrected chi connectivity index (χ2v) is 3.75. The first-order chi connectivity index (χ1) is 6.43. The molecule has 0 atom stereocenters. The second kappa shape index (κ2) is 3.70. The Balaban J connectivity index is 3.27. The number of nitrogens with two attached hydrogens (primary N) is 1. The molecule has 0 aliphatic heterocycles. The van der Waals surface area contributed by atoms with Crippen LogP contribution in [0, 0.1) is 12.8 Å². The van der Waals surface area contributed by atoms with E-state index in [2.05, 4.69) is 0 Å². The van der Waals surface area contributed by atoms with E-state index in [1.165, 1.54) is 6.07 Å². The van der Waals surface area contributed by atoms with Gasteiger partial charge in [-0.15, -0.1) is 0 Å². The second-order valence-electron chi connectivity index (χ2n) is 3.75. The third-order valence-electron chi connectivity index (χ3n) is 2.11. The van der Waals surface area contributed by atoms with Crippen LogP contribution in [0.1, 0.15) is 29.8 Å². The van der Waals surface area contributed by atoms with Gasteiger partial charge in [0.1, 0.15) is 5.75 Å². The highest BCUT2D eigenvalue weighted by molar-refractivity contribution is 6.00. The molecule has 3 heteroatoms. The molecule has 3 nitrogen and oxygen atoms in total. The van der Waals surface area contributed by atoms with Crippen LogP contribution in [0.3, 0.4) is 0 Å². The van der Waals surface area contributed by atoms with Crippen molar-refractivity contribution < 1.29 is 9.90 Å². The molecule has 0 amide bonds. The Labute approximate surface area is 83.6 Å². The lowest BCUT2D eigenvalue weighted by Gasteiger charge is -2.09. The molecule has 0 radical (unpaired) electrons. The lowest BCUT2D eigenvalue weighted by molar-refractivity contribution is 0.0936. The summed E-state index contributed by atoms with van der Waals surface area (Å²) in [7, 11) is 0. The average molecular weight is 193 g/mol. The Bertz CT molecular complexity index is 370. The summed E-state index contributed by atoms with van der Waals surface area (Å²) >= 11 is 0. The minimum absolute atomic E-state index is 0.0397. The largest absolute Gasteiger partial charge is 0.507 e. The zero-order chi connectivity index (χ0) is 10.9. The molecular formula is C11H15NO2. The lowest BCUT2D eigenvalue weighted by Crippen LogP contribution is -2.08. The molecule has 1 aromatic rings. The third-order valence-corrected chi connectivity index (χ3v) is 2.11. The van der Waals surface area contributed by atoms with Gasteiger partial charge in [-0.25, -0.2) is 0 Å². The topological polar surface area (TPSA) is 63.3 Å². The van der Waals surface area contributed by atoms with Crippen molar-refractivity contribution in [2.75, 3.05) is 5.73 Å². The number of carbonyl (C=O) groups excluding carboxylic acids is 1. The standard InChI is InChI=1S/C11H15NO2/c1-6(2)10(13)9-5-8(12)4-7(3)11(9)14/h4-6,14H,12H2,1-3H3. The first-order valence-corrected chi connectivity index (χ1v) is 4.56. The van der Waals surface area contributed by atoms with Gasteiger partial charge >= 0.3 is 0 Å². The summed E-state index contributed by atoms with van der Waals surface area (Å²) in [6.45, 7) is 5.31. The molecule has 3 N–H and O–H groups in total. The molecular weight excluding hydrogens is 178 g/mol. The van der Waals surface area contributed by atoms with Gasteiger partial charge in [0.05, 0.1) is 5.56 Å². The summed E-state index contributed by atoms with van der Waals surface area (Å²) < 4.78 is 0. The van der Waals surface area contributed by atoms with Crippen LogP contribution in [0.4, 0.5) is 5.69 Å². The maximum atomic E-state index is 11.7. The minimum Gasteiger partial charge on any atom is -0.507 e. The molecule has 1 rings (SSSR count). The van der Waals surface area contributed by atoms with Crippen LogP contribution in [0.25, 0.3) is 0 Å². The highest BCUT2D eigenvalue weighted by Crippen LogP contribution is 2.27. The number of ketones is 1. The Morgan fingerprint density at radius 1 is 1.43 bits per heavy atom. The fraction of sp³-hybridized carbons (Fsp3) is 0.364. The van der Waals surface area contributed by atoms with Gasteiger partial charge in [0.2, 0.25) is 0 Å². The number of aromatic hydroxyl groups is 1. The molecule has 0 fully saturated rings. The molecule has 1 aromatic carbocycles. The van der Waals surface area contributed by atoms with Gasteiger partial charge in [-0.1, -0.05) is 13.8 Å². The van der Waals surface area contributed by atoms with Crippen molar-refractivity contribution in [2.45, 2.75) is 20.8 Å². The third kappa shape index (κ3) is 1.87. The van der Waals surface area contributed by atoms with E-state index in [1.54, 1.807) is 26.8 Å². The summed E-state index contributed by atoms with van der Waals surface area (Å²) in [6, 6.07) is 3.16. The Kier molecular flexibility index (Phi) is 2.79. The summed E-state index contributed by atoms with van der Waals surface area (Å²) in [6.07, 6.45) is 0. The van der Waals surface area contributed by atoms with Gasteiger partial charge in [0, 0.05) is 11.6 Å². The minimum atomic E-state index is -0.137. The quantitative estimate of drug-likeness (QED) is 0.429. The molecule has 0 saturated carbocycles.